The van der Waals surface area contributed by atoms with Crippen molar-refractivity contribution in [2.24, 2.45) is 0 Å². The zero-order valence-electron chi connectivity index (χ0n) is 11.3. The molecule has 1 aromatic rings. The molecule has 4 heteroatoms. The first-order valence-electron chi connectivity index (χ1n) is 7.06. The maximum atomic E-state index is 13.7. The van der Waals surface area contributed by atoms with Crippen LogP contribution in [-0.4, -0.2) is 41.5 Å². The quantitative estimate of drug-likeness (QED) is 0.812. The molecule has 0 bridgehead atoms. The average Bonchev–Trinajstić information content (AvgIpc) is 2.81. The monoisotopic (exact) mass is 266 g/mol. The van der Waals surface area contributed by atoms with E-state index in [0.29, 0.717) is 18.6 Å². The van der Waals surface area contributed by atoms with Crippen LogP contribution in [0.15, 0.2) is 18.2 Å². The molecule has 2 fully saturated rings. The van der Waals surface area contributed by atoms with Crippen LogP contribution in [0.2, 0.25) is 0 Å². The summed E-state index contributed by atoms with van der Waals surface area (Å²) in [6, 6.07) is 5.04. The number of hydrogen-bond acceptors (Lipinski definition) is 2. The van der Waals surface area contributed by atoms with Gasteiger partial charge in [0, 0.05) is 37.3 Å². The summed E-state index contributed by atoms with van der Waals surface area (Å²) >= 11 is 0. The lowest BCUT2D eigenvalue weighted by atomic mass is 10.1. The van der Waals surface area contributed by atoms with Gasteiger partial charge in [-0.2, -0.15) is 0 Å². The van der Waals surface area contributed by atoms with Crippen molar-refractivity contribution in [3.8, 4) is 0 Å². The van der Waals surface area contributed by atoms with Gasteiger partial charge in [0.05, 0.1) is 0 Å². The van der Waals surface area contributed by atoms with Gasteiger partial charge in [-0.3, -0.25) is 9.80 Å². The fourth-order valence-corrected chi connectivity index (χ4v) is 3.35. The average molecular weight is 266 g/mol. The molecule has 2 heterocycles. The molecule has 2 nitrogen and oxygen atoms in total. The SMILES string of the molecule is C[C@@H]1CN2CCCC2CN1Cc1c(F)cccc1F. The first kappa shape index (κ1) is 13.0. The highest BCUT2D eigenvalue weighted by atomic mass is 19.1. The Hall–Kier alpha value is -1.00. The van der Waals surface area contributed by atoms with Crippen LogP contribution < -0.4 is 0 Å². The standard InChI is InChI=1S/C15H20F2N2/c1-11-8-18-7-3-4-12(18)9-19(11)10-13-14(16)5-2-6-15(13)17/h2,5-6,11-12H,3-4,7-10H2,1H3/t11-,12?/m1/s1. The van der Waals surface area contributed by atoms with Crippen molar-refractivity contribution in [3.05, 3.63) is 35.4 Å². The van der Waals surface area contributed by atoms with Crippen LogP contribution >= 0.6 is 0 Å². The molecule has 3 rings (SSSR count). The molecule has 0 aromatic heterocycles. The third-order valence-electron chi connectivity index (χ3n) is 4.49. The Bertz CT molecular complexity index is 443. The lowest BCUT2D eigenvalue weighted by molar-refractivity contribution is 0.0525. The van der Waals surface area contributed by atoms with Gasteiger partial charge in [-0.05, 0) is 38.4 Å². The second kappa shape index (κ2) is 5.17. The maximum absolute atomic E-state index is 13.7. The summed E-state index contributed by atoms with van der Waals surface area (Å²) in [6.07, 6.45) is 2.46. The zero-order chi connectivity index (χ0) is 13.4. The van der Waals surface area contributed by atoms with Crippen molar-refractivity contribution < 1.29 is 8.78 Å². The van der Waals surface area contributed by atoms with Crippen molar-refractivity contribution >= 4 is 0 Å². The van der Waals surface area contributed by atoms with Crippen LogP contribution in [0.3, 0.4) is 0 Å². The van der Waals surface area contributed by atoms with Gasteiger partial charge < -0.3 is 0 Å². The van der Waals surface area contributed by atoms with Gasteiger partial charge in [-0.25, -0.2) is 8.78 Å². The predicted octanol–water partition coefficient (Wildman–Crippen LogP) is 2.63. The summed E-state index contributed by atoms with van der Waals surface area (Å²) in [4.78, 5) is 4.73. The molecule has 1 aromatic carbocycles. The molecular weight excluding hydrogens is 246 g/mol. The lowest BCUT2D eigenvalue weighted by Gasteiger charge is -2.42. The Morgan fingerprint density at radius 1 is 1.21 bits per heavy atom. The second-order valence-electron chi connectivity index (χ2n) is 5.77. The highest BCUT2D eigenvalue weighted by Crippen LogP contribution is 2.26. The molecular formula is C15H20F2N2. The molecule has 0 aliphatic carbocycles. The van der Waals surface area contributed by atoms with E-state index < -0.39 is 11.6 Å². The fourth-order valence-electron chi connectivity index (χ4n) is 3.35. The molecule has 1 unspecified atom stereocenters. The summed E-state index contributed by atoms with van der Waals surface area (Å²) < 4.78 is 27.4. The summed E-state index contributed by atoms with van der Waals surface area (Å²) in [5, 5.41) is 0. The number of nitrogens with zero attached hydrogens (tertiary/aromatic N) is 2. The Balaban J connectivity index is 1.75. The largest absolute Gasteiger partial charge is 0.298 e. The van der Waals surface area contributed by atoms with Gasteiger partial charge in [0.1, 0.15) is 11.6 Å². The highest BCUT2D eigenvalue weighted by Gasteiger charge is 2.34. The van der Waals surface area contributed by atoms with Crippen LogP contribution in [-0.2, 0) is 6.54 Å². The predicted molar refractivity (Wildman–Crippen MR) is 70.8 cm³/mol. The molecule has 0 spiro atoms. The third-order valence-corrected chi connectivity index (χ3v) is 4.49. The van der Waals surface area contributed by atoms with Crippen LogP contribution in [0.4, 0.5) is 8.78 Å². The molecule has 0 N–H and O–H groups in total. The van der Waals surface area contributed by atoms with E-state index in [1.807, 2.05) is 0 Å². The van der Waals surface area contributed by atoms with Crippen LogP contribution in [0, 0.1) is 11.6 Å². The number of hydrogen-bond donors (Lipinski definition) is 0. The van der Waals surface area contributed by atoms with E-state index in [4.69, 9.17) is 0 Å². The number of fused-ring (bicyclic) bond motifs is 1. The van der Waals surface area contributed by atoms with Crippen LogP contribution in [0.5, 0.6) is 0 Å². The summed E-state index contributed by atoms with van der Waals surface area (Å²) in [5.41, 5.74) is 0.209. The minimum Gasteiger partial charge on any atom is -0.298 e. The molecule has 0 radical (unpaired) electrons. The fraction of sp³-hybridized carbons (Fsp3) is 0.600. The summed E-state index contributed by atoms with van der Waals surface area (Å²) in [6.45, 7) is 5.64. The van der Waals surface area contributed by atoms with Crippen molar-refractivity contribution in [1.29, 1.82) is 0 Å². The molecule has 19 heavy (non-hydrogen) atoms. The number of piperazine rings is 1. The van der Waals surface area contributed by atoms with E-state index in [1.165, 1.54) is 37.6 Å². The van der Waals surface area contributed by atoms with Gasteiger partial charge in [-0.15, -0.1) is 0 Å². The molecule has 0 amide bonds. The summed E-state index contributed by atoms with van der Waals surface area (Å²) in [5.74, 6) is -0.859. The Labute approximate surface area is 113 Å². The van der Waals surface area contributed by atoms with E-state index in [0.717, 1.165) is 13.1 Å². The van der Waals surface area contributed by atoms with Gasteiger partial charge in [0.25, 0.3) is 0 Å². The highest BCUT2D eigenvalue weighted by molar-refractivity contribution is 5.19. The molecule has 2 aliphatic heterocycles. The van der Waals surface area contributed by atoms with E-state index in [1.54, 1.807) is 0 Å². The van der Waals surface area contributed by atoms with Crippen molar-refractivity contribution in [2.45, 2.75) is 38.4 Å². The Morgan fingerprint density at radius 3 is 2.68 bits per heavy atom. The molecule has 0 saturated carbocycles. The number of rotatable bonds is 2. The topological polar surface area (TPSA) is 6.48 Å². The van der Waals surface area contributed by atoms with E-state index in [2.05, 4.69) is 16.7 Å². The number of halogens is 2. The molecule has 2 atom stereocenters. The third kappa shape index (κ3) is 2.51. The van der Waals surface area contributed by atoms with Crippen LogP contribution in [0.1, 0.15) is 25.3 Å². The van der Waals surface area contributed by atoms with Crippen LogP contribution in [0.25, 0.3) is 0 Å². The minimum absolute atomic E-state index is 0.209. The van der Waals surface area contributed by atoms with E-state index in [-0.39, 0.29) is 5.56 Å². The smallest absolute Gasteiger partial charge is 0.130 e. The zero-order valence-corrected chi connectivity index (χ0v) is 11.3. The first-order chi connectivity index (χ1) is 9.15. The summed E-state index contributed by atoms with van der Waals surface area (Å²) in [7, 11) is 0. The normalized spacial score (nSPS) is 28.6. The van der Waals surface area contributed by atoms with E-state index >= 15 is 0 Å². The van der Waals surface area contributed by atoms with Gasteiger partial charge in [-0.1, -0.05) is 6.07 Å². The molecule has 2 aliphatic rings. The maximum Gasteiger partial charge on any atom is 0.130 e. The van der Waals surface area contributed by atoms with E-state index in [9.17, 15) is 8.78 Å². The number of benzene rings is 1. The molecule has 2 saturated heterocycles. The second-order valence-corrected chi connectivity index (χ2v) is 5.77. The van der Waals surface area contributed by atoms with Crippen molar-refractivity contribution in [2.75, 3.05) is 19.6 Å². The van der Waals surface area contributed by atoms with Gasteiger partial charge in [0.15, 0.2) is 0 Å². The van der Waals surface area contributed by atoms with Gasteiger partial charge in [0.2, 0.25) is 0 Å². The van der Waals surface area contributed by atoms with Crippen molar-refractivity contribution in [3.63, 3.8) is 0 Å². The lowest BCUT2D eigenvalue weighted by Crippen LogP contribution is -2.54. The minimum atomic E-state index is -0.430. The van der Waals surface area contributed by atoms with Crippen molar-refractivity contribution in [1.82, 2.24) is 9.80 Å². The van der Waals surface area contributed by atoms with Gasteiger partial charge >= 0.3 is 0 Å². The Morgan fingerprint density at radius 2 is 1.95 bits per heavy atom. The Kier molecular flexibility index (Phi) is 3.54. The molecule has 104 valence electrons. The first-order valence-corrected chi connectivity index (χ1v) is 7.06.